The van der Waals surface area contributed by atoms with Gasteiger partial charge < -0.3 is 5.32 Å². The predicted molar refractivity (Wildman–Crippen MR) is 78.0 cm³/mol. The van der Waals surface area contributed by atoms with Crippen molar-refractivity contribution in [2.24, 2.45) is 5.41 Å². The van der Waals surface area contributed by atoms with Gasteiger partial charge in [0.25, 0.3) is 0 Å². The maximum Gasteiger partial charge on any atom is 0.0224 e. The minimum Gasteiger partial charge on any atom is -0.316 e. The molecule has 0 bridgehead atoms. The summed E-state index contributed by atoms with van der Waals surface area (Å²) in [6.45, 7) is 16.7. The molecule has 2 aliphatic heterocycles. The molecular weight excluding hydrogens is 222 g/mol. The Kier molecular flexibility index (Phi) is 4.68. The maximum atomic E-state index is 3.50. The molecule has 1 N–H and O–H groups in total. The zero-order valence-electron chi connectivity index (χ0n) is 12.7. The van der Waals surface area contributed by atoms with Gasteiger partial charge in [0.1, 0.15) is 0 Å². The number of hydrogen-bond donors (Lipinski definition) is 1. The largest absolute Gasteiger partial charge is 0.316 e. The van der Waals surface area contributed by atoms with E-state index in [4.69, 9.17) is 0 Å². The molecule has 0 aromatic rings. The zero-order chi connectivity index (χ0) is 13.2. The summed E-state index contributed by atoms with van der Waals surface area (Å²) in [5.41, 5.74) is 0.380. The summed E-state index contributed by atoms with van der Waals surface area (Å²) in [5, 5.41) is 3.50. The van der Waals surface area contributed by atoms with Crippen molar-refractivity contribution in [2.75, 3.05) is 39.3 Å². The molecule has 2 heterocycles. The third kappa shape index (κ3) is 3.46. The molecule has 2 saturated heterocycles. The van der Waals surface area contributed by atoms with Crippen molar-refractivity contribution in [1.29, 1.82) is 0 Å². The fourth-order valence-electron chi connectivity index (χ4n) is 3.54. The van der Waals surface area contributed by atoms with E-state index < -0.39 is 0 Å². The average molecular weight is 253 g/mol. The molecule has 18 heavy (non-hydrogen) atoms. The van der Waals surface area contributed by atoms with E-state index in [1.807, 2.05) is 0 Å². The van der Waals surface area contributed by atoms with Crippen LogP contribution in [0, 0.1) is 5.41 Å². The van der Waals surface area contributed by atoms with E-state index in [1.165, 1.54) is 39.0 Å². The van der Waals surface area contributed by atoms with E-state index in [1.54, 1.807) is 0 Å². The molecule has 3 nitrogen and oxygen atoms in total. The lowest BCUT2D eigenvalue weighted by Crippen LogP contribution is -2.57. The fraction of sp³-hybridized carbons (Fsp3) is 1.00. The second-order valence-electron chi connectivity index (χ2n) is 7.01. The lowest BCUT2D eigenvalue weighted by Gasteiger charge is -2.45. The Morgan fingerprint density at radius 1 is 1.28 bits per heavy atom. The van der Waals surface area contributed by atoms with Crippen molar-refractivity contribution in [3.63, 3.8) is 0 Å². The van der Waals surface area contributed by atoms with E-state index in [9.17, 15) is 0 Å². The van der Waals surface area contributed by atoms with Crippen LogP contribution >= 0.6 is 0 Å². The average Bonchev–Trinajstić information content (AvgIpc) is 2.73. The first kappa shape index (κ1) is 14.3. The third-order valence-corrected chi connectivity index (χ3v) is 4.55. The first-order valence-corrected chi connectivity index (χ1v) is 7.70. The van der Waals surface area contributed by atoms with Crippen LogP contribution in [0.4, 0.5) is 0 Å². The molecule has 0 amide bonds. The van der Waals surface area contributed by atoms with Crippen molar-refractivity contribution in [2.45, 2.75) is 52.6 Å². The second kappa shape index (κ2) is 5.89. The van der Waals surface area contributed by atoms with E-state index in [2.05, 4.69) is 42.8 Å². The van der Waals surface area contributed by atoms with E-state index in [0.29, 0.717) is 5.41 Å². The van der Waals surface area contributed by atoms with Crippen LogP contribution < -0.4 is 5.32 Å². The fourth-order valence-corrected chi connectivity index (χ4v) is 3.54. The second-order valence-corrected chi connectivity index (χ2v) is 7.01. The van der Waals surface area contributed by atoms with Crippen LogP contribution in [0.5, 0.6) is 0 Å². The Hall–Kier alpha value is -0.120. The molecule has 0 radical (unpaired) electrons. The number of nitrogens with zero attached hydrogens (tertiary/aromatic N) is 2. The lowest BCUT2D eigenvalue weighted by molar-refractivity contribution is 0.0337. The SMILES string of the molecule is CCNCC(C)(C)CN1CC2CCCN2CC1C. The monoisotopic (exact) mass is 253 g/mol. The highest BCUT2D eigenvalue weighted by molar-refractivity contribution is 4.92. The molecule has 3 heteroatoms. The van der Waals surface area contributed by atoms with E-state index >= 15 is 0 Å². The Morgan fingerprint density at radius 2 is 2.06 bits per heavy atom. The summed E-state index contributed by atoms with van der Waals surface area (Å²) >= 11 is 0. The molecule has 2 fully saturated rings. The molecule has 0 aromatic carbocycles. The minimum absolute atomic E-state index is 0.380. The number of nitrogens with one attached hydrogen (secondary N) is 1. The van der Waals surface area contributed by atoms with Gasteiger partial charge in [-0.15, -0.1) is 0 Å². The predicted octanol–water partition coefficient (Wildman–Crippen LogP) is 1.79. The molecular formula is C15H31N3. The molecule has 0 spiro atoms. The highest BCUT2D eigenvalue weighted by atomic mass is 15.3. The van der Waals surface area contributed by atoms with Gasteiger partial charge >= 0.3 is 0 Å². The Morgan fingerprint density at radius 3 is 2.78 bits per heavy atom. The minimum atomic E-state index is 0.380. The smallest absolute Gasteiger partial charge is 0.0224 e. The molecule has 2 atom stereocenters. The van der Waals surface area contributed by atoms with E-state index in [-0.39, 0.29) is 0 Å². The highest BCUT2D eigenvalue weighted by Gasteiger charge is 2.36. The van der Waals surface area contributed by atoms with Gasteiger partial charge in [0.2, 0.25) is 0 Å². The molecule has 106 valence electrons. The standard InChI is InChI=1S/C15H31N3/c1-5-16-11-15(3,4)12-18-10-14-7-6-8-17(14)9-13(18)2/h13-14,16H,5-12H2,1-4H3. The van der Waals surface area contributed by atoms with Crippen LogP contribution in [0.15, 0.2) is 0 Å². The van der Waals surface area contributed by atoms with E-state index in [0.717, 1.165) is 25.2 Å². The van der Waals surface area contributed by atoms with Gasteiger partial charge in [-0.3, -0.25) is 9.80 Å². The Labute approximate surface area is 113 Å². The summed E-state index contributed by atoms with van der Waals surface area (Å²) in [4.78, 5) is 5.43. The molecule has 0 saturated carbocycles. The maximum absolute atomic E-state index is 3.50. The summed E-state index contributed by atoms with van der Waals surface area (Å²) in [7, 11) is 0. The summed E-state index contributed by atoms with van der Waals surface area (Å²) < 4.78 is 0. The highest BCUT2D eigenvalue weighted by Crippen LogP contribution is 2.27. The van der Waals surface area contributed by atoms with Crippen molar-refractivity contribution in [3.8, 4) is 0 Å². The number of fused-ring (bicyclic) bond motifs is 1. The quantitative estimate of drug-likeness (QED) is 0.806. The summed E-state index contributed by atoms with van der Waals surface area (Å²) in [5.74, 6) is 0. The zero-order valence-corrected chi connectivity index (χ0v) is 12.7. The summed E-state index contributed by atoms with van der Waals surface area (Å²) in [6.07, 6.45) is 2.82. The van der Waals surface area contributed by atoms with Crippen LogP contribution in [0.3, 0.4) is 0 Å². The van der Waals surface area contributed by atoms with Gasteiger partial charge in [-0.05, 0) is 38.3 Å². The van der Waals surface area contributed by atoms with Crippen LogP contribution in [0.25, 0.3) is 0 Å². The number of hydrogen-bond acceptors (Lipinski definition) is 3. The van der Waals surface area contributed by atoms with Gasteiger partial charge in [0.05, 0.1) is 0 Å². The van der Waals surface area contributed by atoms with Crippen LogP contribution in [-0.4, -0.2) is 61.2 Å². The first-order chi connectivity index (χ1) is 8.52. The number of rotatable bonds is 5. The molecule has 2 aliphatic rings. The van der Waals surface area contributed by atoms with Crippen LogP contribution in [-0.2, 0) is 0 Å². The molecule has 0 aliphatic carbocycles. The van der Waals surface area contributed by atoms with Crippen molar-refractivity contribution in [3.05, 3.63) is 0 Å². The topological polar surface area (TPSA) is 18.5 Å². The molecule has 2 rings (SSSR count). The lowest BCUT2D eigenvalue weighted by atomic mass is 9.91. The summed E-state index contributed by atoms with van der Waals surface area (Å²) in [6, 6.07) is 1.57. The van der Waals surface area contributed by atoms with Crippen molar-refractivity contribution < 1.29 is 0 Å². The first-order valence-electron chi connectivity index (χ1n) is 7.70. The van der Waals surface area contributed by atoms with Gasteiger partial charge in [-0.25, -0.2) is 0 Å². The normalized spacial score (nSPS) is 30.7. The Balaban J connectivity index is 1.88. The van der Waals surface area contributed by atoms with Gasteiger partial charge in [-0.2, -0.15) is 0 Å². The van der Waals surface area contributed by atoms with Gasteiger partial charge in [0, 0.05) is 38.3 Å². The van der Waals surface area contributed by atoms with Gasteiger partial charge in [-0.1, -0.05) is 20.8 Å². The van der Waals surface area contributed by atoms with Crippen LogP contribution in [0.2, 0.25) is 0 Å². The van der Waals surface area contributed by atoms with Crippen LogP contribution in [0.1, 0.15) is 40.5 Å². The van der Waals surface area contributed by atoms with Gasteiger partial charge in [0.15, 0.2) is 0 Å². The third-order valence-electron chi connectivity index (χ3n) is 4.55. The van der Waals surface area contributed by atoms with Crippen molar-refractivity contribution >= 4 is 0 Å². The number of piperazine rings is 1. The molecule has 2 unspecified atom stereocenters. The van der Waals surface area contributed by atoms with Crippen molar-refractivity contribution in [1.82, 2.24) is 15.1 Å². The Bertz CT molecular complexity index is 264. The molecule has 0 aromatic heterocycles.